The molecule has 0 saturated carbocycles. The van der Waals surface area contributed by atoms with Crippen LogP contribution in [0.4, 0.5) is 0 Å². The normalized spacial score (nSPS) is 14.2. The molecule has 8 heteroatoms. The highest BCUT2D eigenvalue weighted by Crippen LogP contribution is 2.15. The summed E-state index contributed by atoms with van der Waals surface area (Å²) in [6.07, 6.45) is 34.2. The lowest BCUT2D eigenvalue weighted by Gasteiger charge is -2.22. The van der Waals surface area contributed by atoms with Gasteiger partial charge in [-0.25, -0.2) is 0 Å². The van der Waals surface area contributed by atoms with Gasteiger partial charge in [0.15, 0.2) is 0 Å². The fourth-order valence-electron chi connectivity index (χ4n) is 5.87. The zero-order valence-corrected chi connectivity index (χ0v) is 30.2. The summed E-state index contributed by atoms with van der Waals surface area (Å²) in [5.74, 6) is -1.53. The first-order valence-corrected chi connectivity index (χ1v) is 20.6. The molecule has 0 aromatic carbocycles. The first kappa shape index (κ1) is 44.0. The number of hydrogen-bond acceptors (Lipinski definition) is 5. The van der Waals surface area contributed by atoms with Gasteiger partial charge in [0, 0.05) is 0 Å². The molecule has 0 aromatic rings. The number of unbranched alkanes of at least 4 members (excludes halogenated alkanes) is 25. The number of carbonyl (C=O) groups is 1. The molecule has 0 heterocycles. The van der Waals surface area contributed by atoms with Gasteiger partial charge >= 0.3 is 0 Å². The molecule has 0 rings (SSSR count). The van der Waals surface area contributed by atoms with E-state index in [2.05, 4.69) is 19.2 Å². The van der Waals surface area contributed by atoms with Gasteiger partial charge in [0.05, 0.1) is 17.9 Å². The summed E-state index contributed by atoms with van der Waals surface area (Å²) in [7, 11) is -4.43. The SMILES string of the molecule is CCCCCCCCC/C=C/C(O)C(CS(=O)(=O)O)NC(=O)C(O)CCCCCCCCCCCCCCCCCCCCC. The van der Waals surface area contributed by atoms with Gasteiger partial charge in [-0.1, -0.05) is 187 Å². The largest absolute Gasteiger partial charge is 0.387 e. The molecule has 1 amide bonds. The Bertz CT molecular complexity index is 788. The lowest BCUT2D eigenvalue weighted by Crippen LogP contribution is -2.50. The molecule has 0 saturated heterocycles. The number of hydrogen-bond donors (Lipinski definition) is 4. The third-order valence-corrected chi connectivity index (χ3v) is 9.60. The molecule has 0 spiro atoms. The monoisotopic (exact) mass is 660 g/mol. The molecule has 3 atom stereocenters. The first-order valence-electron chi connectivity index (χ1n) is 19.0. The summed E-state index contributed by atoms with van der Waals surface area (Å²) in [6, 6.07) is -1.22. The third-order valence-electron chi connectivity index (χ3n) is 8.82. The maximum Gasteiger partial charge on any atom is 0.267 e. The third kappa shape index (κ3) is 31.4. The Kier molecular flexibility index (Phi) is 31.0. The standard InChI is InChI=1S/C37H73NO6S/c1-3-5-7-9-11-13-14-15-16-17-18-19-20-21-22-24-26-28-30-32-36(40)37(41)38-34(33-45(42,43)44)35(39)31-29-27-25-23-12-10-8-6-4-2/h29,31,34-36,39-40H,3-28,30,32-33H2,1-2H3,(H,38,41)(H,42,43,44)/b31-29+. The fraction of sp³-hybridized carbons (Fsp3) is 0.919. The van der Waals surface area contributed by atoms with Crippen molar-refractivity contribution in [2.75, 3.05) is 5.75 Å². The van der Waals surface area contributed by atoms with E-state index in [9.17, 15) is 28.0 Å². The summed E-state index contributed by atoms with van der Waals surface area (Å²) in [6.45, 7) is 4.46. The van der Waals surface area contributed by atoms with Gasteiger partial charge in [0.1, 0.15) is 6.10 Å². The quantitative estimate of drug-likeness (QED) is 0.0310. The van der Waals surface area contributed by atoms with Gasteiger partial charge in [-0.15, -0.1) is 0 Å². The minimum Gasteiger partial charge on any atom is -0.387 e. The van der Waals surface area contributed by atoms with Gasteiger partial charge in [0.25, 0.3) is 10.1 Å². The van der Waals surface area contributed by atoms with E-state index < -0.39 is 40.0 Å². The highest BCUT2D eigenvalue weighted by molar-refractivity contribution is 7.85. The van der Waals surface area contributed by atoms with Crippen LogP contribution in [0.25, 0.3) is 0 Å². The maximum atomic E-state index is 12.5. The molecule has 0 radical (unpaired) electrons. The molecular weight excluding hydrogens is 586 g/mol. The molecule has 0 aromatic heterocycles. The van der Waals surface area contributed by atoms with Crippen molar-refractivity contribution in [3.8, 4) is 0 Å². The number of rotatable bonds is 34. The van der Waals surface area contributed by atoms with Crippen LogP contribution in [0.1, 0.15) is 194 Å². The van der Waals surface area contributed by atoms with Crippen molar-refractivity contribution < 1.29 is 28.0 Å². The minimum atomic E-state index is -4.43. The number of carbonyl (C=O) groups excluding carboxylic acids is 1. The molecule has 3 unspecified atom stereocenters. The Morgan fingerprint density at radius 3 is 1.33 bits per heavy atom. The number of aliphatic hydroxyl groups excluding tert-OH is 2. The van der Waals surface area contributed by atoms with E-state index in [-0.39, 0.29) is 6.42 Å². The Labute approximate surface area is 278 Å². The lowest BCUT2D eigenvalue weighted by molar-refractivity contribution is -0.130. The molecule has 7 nitrogen and oxygen atoms in total. The predicted octanol–water partition coefficient (Wildman–Crippen LogP) is 9.60. The molecule has 0 fully saturated rings. The molecule has 0 aliphatic rings. The second kappa shape index (κ2) is 31.6. The van der Waals surface area contributed by atoms with Crippen molar-refractivity contribution in [2.24, 2.45) is 0 Å². The average molecular weight is 660 g/mol. The van der Waals surface area contributed by atoms with Crippen LogP contribution < -0.4 is 5.32 Å². The van der Waals surface area contributed by atoms with E-state index >= 15 is 0 Å². The molecule has 0 aliphatic heterocycles. The molecule has 4 N–H and O–H groups in total. The number of amides is 1. The van der Waals surface area contributed by atoms with Crippen LogP contribution in [0.5, 0.6) is 0 Å². The van der Waals surface area contributed by atoms with Gasteiger partial charge in [-0.2, -0.15) is 8.42 Å². The van der Waals surface area contributed by atoms with E-state index in [0.717, 1.165) is 38.5 Å². The van der Waals surface area contributed by atoms with Crippen molar-refractivity contribution in [3.63, 3.8) is 0 Å². The van der Waals surface area contributed by atoms with E-state index in [0.29, 0.717) is 6.42 Å². The highest BCUT2D eigenvalue weighted by atomic mass is 32.2. The van der Waals surface area contributed by atoms with Crippen LogP contribution >= 0.6 is 0 Å². The Balaban J connectivity index is 3.95. The summed E-state index contributed by atoms with van der Waals surface area (Å²) in [5.41, 5.74) is 0. The summed E-state index contributed by atoms with van der Waals surface area (Å²) < 4.78 is 32.3. The van der Waals surface area contributed by atoms with Crippen molar-refractivity contribution in [1.29, 1.82) is 0 Å². The van der Waals surface area contributed by atoms with Crippen LogP contribution in [-0.4, -0.2) is 53.1 Å². The van der Waals surface area contributed by atoms with E-state index in [1.807, 2.05) is 0 Å². The molecule has 45 heavy (non-hydrogen) atoms. The van der Waals surface area contributed by atoms with E-state index in [1.165, 1.54) is 134 Å². The fourth-order valence-corrected chi connectivity index (χ4v) is 6.60. The number of allylic oxidation sites excluding steroid dienone is 1. The van der Waals surface area contributed by atoms with Crippen LogP contribution in [0, 0.1) is 0 Å². The maximum absolute atomic E-state index is 12.5. The Morgan fingerprint density at radius 1 is 0.600 bits per heavy atom. The number of nitrogens with one attached hydrogen (secondary N) is 1. The van der Waals surface area contributed by atoms with Crippen LogP contribution in [-0.2, 0) is 14.9 Å². The van der Waals surface area contributed by atoms with Crippen molar-refractivity contribution in [1.82, 2.24) is 5.32 Å². The van der Waals surface area contributed by atoms with Crippen molar-refractivity contribution >= 4 is 16.0 Å². The zero-order valence-electron chi connectivity index (χ0n) is 29.4. The Morgan fingerprint density at radius 2 is 0.956 bits per heavy atom. The highest BCUT2D eigenvalue weighted by Gasteiger charge is 2.27. The average Bonchev–Trinajstić information content (AvgIpc) is 3.00. The van der Waals surface area contributed by atoms with Gasteiger partial charge in [0.2, 0.25) is 5.91 Å². The van der Waals surface area contributed by atoms with Gasteiger partial charge < -0.3 is 15.5 Å². The van der Waals surface area contributed by atoms with Gasteiger partial charge in [-0.05, 0) is 19.3 Å². The molecule has 0 bridgehead atoms. The minimum absolute atomic E-state index is 0.285. The van der Waals surface area contributed by atoms with E-state index in [4.69, 9.17) is 0 Å². The number of aliphatic hydroxyl groups is 2. The summed E-state index contributed by atoms with van der Waals surface area (Å²) in [5, 5.41) is 23.2. The van der Waals surface area contributed by atoms with Crippen LogP contribution in [0.2, 0.25) is 0 Å². The second-order valence-corrected chi connectivity index (χ2v) is 14.9. The van der Waals surface area contributed by atoms with Crippen LogP contribution in [0.3, 0.4) is 0 Å². The van der Waals surface area contributed by atoms with Crippen LogP contribution in [0.15, 0.2) is 12.2 Å². The summed E-state index contributed by atoms with van der Waals surface area (Å²) >= 11 is 0. The topological polar surface area (TPSA) is 124 Å². The molecular formula is C37H73NO6S. The smallest absolute Gasteiger partial charge is 0.267 e. The van der Waals surface area contributed by atoms with Gasteiger partial charge in [-0.3, -0.25) is 9.35 Å². The molecule has 268 valence electrons. The van der Waals surface area contributed by atoms with Crippen molar-refractivity contribution in [3.05, 3.63) is 12.2 Å². The lowest BCUT2D eigenvalue weighted by atomic mass is 10.0. The van der Waals surface area contributed by atoms with E-state index in [1.54, 1.807) is 6.08 Å². The zero-order chi connectivity index (χ0) is 33.4. The molecule has 0 aliphatic carbocycles. The Hall–Kier alpha value is -0.960. The second-order valence-electron chi connectivity index (χ2n) is 13.4. The van der Waals surface area contributed by atoms with Crippen molar-refractivity contribution in [2.45, 2.75) is 212 Å². The predicted molar refractivity (Wildman–Crippen MR) is 190 cm³/mol. The first-order chi connectivity index (χ1) is 21.7. The summed E-state index contributed by atoms with van der Waals surface area (Å²) in [4.78, 5) is 12.5.